The monoisotopic (exact) mass is 400 g/mol. The molecule has 8 heteroatoms. The van der Waals surface area contributed by atoms with Gasteiger partial charge in [-0.1, -0.05) is 32.8 Å². The summed E-state index contributed by atoms with van der Waals surface area (Å²) < 4.78 is 14.3. The number of urea groups is 1. The van der Waals surface area contributed by atoms with E-state index in [2.05, 4.69) is 28.4 Å². The van der Waals surface area contributed by atoms with E-state index in [9.17, 15) is 9.00 Å². The fourth-order valence-electron chi connectivity index (χ4n) is 3.91. The van der Waals surface area contributed by atoms with Gasteiger partial charge in [0.2, 0.25) is 0 Å². The first-order chi connectivity index (χ1) is 12.6. The Morgan fingerprint density at radius 3 is 2.42 bits per heavy atom. The number of hydrogen-bond acceptors (Lipinski definition) is 3. The summed E-state index contributed by atoms with van der Waals surface area (Å²) in [5, 5.41) is 5.84. The number of hydrogen-bond donors (Lipinski definition) is 2. The van der Waals surface area contributed by atoms with Gasteiger partial charge in [-0.2, -0.15) is 0 Å². The van der Waals surface area contributed by atoms with Crippen LogP contribution in [0.4, 0.5) is 4.79 Å². The minimum absolute atomic E-state index is 0.121. The van der Waals surface area contributed by atoms with Crippen molar-refractivity contribution >= 4 is 34.3 Å². The van der Waals surface area contributed by atoms with E-state index in [0.29, 0.717) is 0 Å². The van der Waals surface area contributed by atoms with Crippen LogP contribution >= 0.6 is 12.2 Å². The van der Waals surface area contributed by atoms with Gasteiger partial charge in [-0.05, 0) is 50.5 Å². The maximum absolute atomic E-state index is 12.9. The smallest absolute Gasteiger partial charge is 0.324 e. The Balaban J connectivity index is 2.02. The van der Waals surface area contributed by atoms with E-state index in [-0.39, 0.29) is 23.2 Å². The fraction of sp³-hybridized carbons (Fsp3) is 0.778. The summed E-state index contributed by atoms with van der Waals surface area (Å²) in [7, 11) is -0.889. The molecule has 1 heterocycles. The second-order valence-corrected chi connectivity index (χ2v) is 8.97. The summed E-state index contributed by atoms with van der Waals surface area (Å²) in [6.07, 6.45) is 9.81. The molecule has 1 aliphatic carbocycles. The number of amides is 2. The van der Waals surface area contributed by atoms with Crippen LogP contribution in [0.1, 0.15) is 58.3 Å². The summed E-state index contributed by atoms with van der Waals surface area (Å²) in [5.41, 5.74) is 0. The zero-order chi connectivity index (χ0) is 18.9. The standard InChI is InChI=1S/C18H32N4O2S2/c1-3-14-26(24)21-12-10-16(11-13-21)22(15-8-6-5-7-9-15)18(23)20-17(25)19-4-2/h4,15-16H,2-3,5-14H2,1H3,(H2,19,20,23,25). The van der Waals surface area contributed by atoms with Crippen molar-refractivity contribution in [1.29, 1.82) is 0 Å². The molecule has 0 spiro atoms. The highest BCUT2D eigenvalue weighted by molar-refractivity contribution is 7.82. The molecule has 26 heavy (non-hydrogen) atoms. The Kier molecular flexibility index (Phi) is 9.01. The van der Waals surface area contributed by atoms with E-state index in [0.717, 1.165) is 50.9 Å². The molecule has 1 aliphatic heterocycles. The molecule has 0 aromatic rings. The average Bonchev–Trinajstić information content (AvgIpc) is 2.63. The minimum atomic E-state index is -0.889. The number of carbonyl (C=O) groups excluding carboxylic acids is 1. The van der Waals surface area contributed by atoms with Crippen molar-refractivity contribution in [3.8, 4) is 0 Å². The second kappa shape index (κ2) is 11.0. The molecule has 148 valence electrons. The van der Waals surface area contributed by atoms with E-state index in [1.807, 2.05) is 4.90 Å². The van der Waals surface area contributed by atoms with Crippen molar-refractivity contribution in [3.05, 3.63) is 12.8 Å². The van der Waals surface area contributed by atoms with Gasteiger partial charge in [-0.25, -0.2) is 13.3 Å². The van der Waals surface area contributed by atoms with E-state index in [1.54, 1.807) is 0 Å². The zero-order valence-corrected chi connectivity index (χ0v) is 17.4. The predicted octanol–water partition coefficient (Wildman–Crippen LogP) is 2.89. The third kappa shape index (κ3) is 6.03. The summed E-state index contributed by atoms with van der Waals surface area (Å²) >= 11 is 5.14. The number of piperidine rings is 1. The molecular weight excluding hydrogens is 368 g/mol. The normalized spacial score (nSPS) is 21.0. The third-order valence-corrected chi connectivity index (χ3v) is 7.06. The van der Waals surface area contributed by atoms with Crippen LogP contribution in [0.3, 0.4) is 0 Å². The van der Waals surface area contributed by atoms with Crippen LogP contribution < -0.4 is 10.6 Å². The number of nitrogens with one attached hydrogen (secondary N) is 2. The number of thiocarbonyl (C=S) groups is 1. The van der Waals surface area contributed by atoms with Crippen molar-refractivity contribution < 1.29 is 9.00 Å². The first-order valence-electron chi connectivity index (χ1n) is 9.71. The van der Waals surface area contributed by atoms with Crippen LogP contribution in [-0.2, 0) is 11.0 Å². The Labute approximate surface area is 165 Å². The molecule has 0 bridgehead atoms. The molecule has 2 amide bonds. The Morgan fingerprint density at radius 1 is 1.23 bits per heavy atom. The lowest BCUT2D eigenvalue weighted by atomic mass is 9.91. The number of carbonyl (C=O) groups is 1. The molecule has 6 nitrogen and oxygen atoms in total. The van der Waals surface area contributed by atoms with Gasteiger partial charge < -0.3 is 10.2 Å². The van der Waals surface area contributed by atoms with E-state index in [1.165, 1.54) is 25.5 Å². The number of nitrogens with zero attached hydrogens (tertiary/aromatic N) is 2. The molecule has 1 saturated heterocycles. The van der Waals surface area contributed by atoms with Crippen LogP contribution in [0.5, 0.6) is 0 Å². The molecule has 0 radical (unpaired) electrons. The van der Waals surface area contributed by atoms with Gasteiger partial charge in [0.15, 0.2) is 5.11 Å². The summed E-state index contributed by atoms with van der Waals surface area (Å²) in [6.45, 7) is 7.19. The molecule has 0 aromatic heterocycles. The highest BCUT2D eigenvalue weighted by Gasteiger charge is 2.34. The molecule has 2 fully saturated rings. The predicted molar refractivity (Wildman–Crippen MR) is 111 cm³/mol. The van der Waals surface area contributed by atoms with Gasteiger partial charge in [-0.3, -0.25) is 5.32 Å². The van der Waals surface area contributed by atoms with Gasteiger partial charge in [0.1, 0.15) is 0 Å². The third-order valence-electron chi connectivity index (χ3n) is 5.14. The van der Waals surface area contributed by atoms with E-state index in [4.69, 9.17) is 12.2 Å². The van der Waals surface area contributed by atoms with Gasteiger partial charge in [-0.15, -0.1) is 0 Å². The first kappa shape index (κ1) is 21.3. The van der Waals surface area contributed by atoms with E-state index < -0.39 is 11.0 Å². The van der Waals surface area contributed by atoms with Crippen molar-refractivity contribution in [2.45, 2.75) is 70.4 Å². The lowest BCUT2D eigenvalue weighted by Crippen LogP contribution is -2.57. The van der Waals surface area contributed by atoms with E-state index >= 15 is 0 Å². The number of rotatable bonds is 6. The van der Waals surface area contributed by atoms with Crippen LogP contribution in [0, 0.1) is 0 Å². The quantitative estimate of drug-likeness (QED) is 0.673. The summed E-state index contributed by atoms with van der Waals surface area (Å²) in [6, 6.07) is 0.330. The Morgan fingerprint density at radius 2 is 1.85 bits per heavy atom. The molecule has 2 rings (SSSR count). The Bertz CT molecular complexity index is 515. The molecule has 1 saturated carbocycles. The first-order valence-corrected chi connectivity index (χ1v) is 11.4. The molecule has 2 aliphatic rings. The average molecular weight is 401 g/mol. The SMILES string of the molecule is C=CNC(=S)NC(=O)N(C1CCCCC1)C1CCN(S(=O)CCC)CC1. The van der Waals surface area contributed by atoms with Gasteiger partial charge in [0, 0.05) is 30.9 Å². The van der Waals surface area contributed by atoms with Crippen LogP contribution in [0.25, 0.3) is 0 Å². The minimum Gasteiger partial charge on any atom is -0.340 e. The maximum atomic E-state index is 12.9. The topological polar surface area (TPSA) is 64.7 Å². The van der Waals surface area contributed by atoms with Gasteiger partial charge >= 0.3 is 6.03 Å². The van der Waals surface area contributed by atoms with Crippen molar-refractivity contribution in [3.63, 3.8) is 0 Å². The van der Waals surface area contributed by atoms with Crippen molar-refractivity contribution in [2.75, 3.05) is 18.8 Å². The molecule has 2 N–H and O–H groups in total. The van der Waals surface area contributed by atoms with Crippen molar-refractivity contribution in [1.82, 2.24) is 19.8 Å². The summed E-state index contributed by atoms with van der Waals surface area (Å²) in [4.78, 5) is 14.9. The lowest BCUT2D eigenvalue weighted by molar-refractivity contribution is 0.101. The molecule has 1 unspecified atom stereocenters. The van der Waals surface area contributed by atoms with Gasteiger partial charge in [0.05, 0.1) is 11.0 Å². The summed E-state index contributed by atoms with van der Waals surface area (Å²) in [5.74, 6) is 0.721. The van der Waals surface area contributed by atoms with Crippen LogP contribution in [0.15, 0.2) is 12.8 Å². The Hall–Kier alpha value is -0.990. The highest BCUT2D eigenvalue weighted by Crippen LogP contribution is 2.28. The van der Waals surface area contributed by atoms with Crippen molar-refractivity contribution in [2.24, 2.45) is 0 Å². The van der Waals surface area contributed by atoms with Crippen LogP contribution in [-0.4, -0.2) is 55.5 Å². The molecule has 1 atom stereocenters. The molecule has 0 aromatic carbocycles. The fourth-order valence-corrected chi connectivity index (χ4v) is 5.30. The largest absolute Gasteiger partial charge is 0.340 e. The second-order valence-electron chi connectivity index (χ2n) is 6.99. The lowest BCUT2D eigenvalue weighted by Gasteiger charge is -2.43. The zero-order valence-electron chi connectivity index (χ0n) is 15.7. The maximum Gasteiger partial charge on any atom is 0.324 e. The van der Waals surface area contributed by atoms with Gasteiger partial charge in [0.25, 0.3) is 0 Å². The highest BCUT2D eigenvalue weighted by atomic mass is 32.2. The van der Waals surface area contributed by atoms with Crippen LogP contribution in [0.2, 0.25) is 0 Å². The molecular formula is C18H32N4O2S2.